The molecule has 4 heteroatoms. The summed E-state index contributed by atoms with van der Waals surface area (Å²) in [7, 11) is 1.66. The number of hydrogen-bond donors (Lipinski definition) is 1. The van der Waals surface area contributed by atoms with Crippen LogP contribution in [0.3, 0.4) is 0 Å². The van der Waals surface area contributed by atoms with E-state index in [1.807, 2.05) is 32.9 Å². The van der Waals surface area contributed by atoms with E-state index in [4.69, 9.17) is 4.74 Å². The van der Waals surface area contributed by atoms with Gasteiger partial charge < -0.3 is 9.84 Å². The lowest BCUT2D eigenvalue weighted by molar-refractivity contribution is 0.0349. The van der Waals surface area contributed by atoms with Crippen LogP contribution in [-0.2, 0) is 6.54 Å². The van der Waals surface area contributed by atoms with Crippen LogP contribution in [0.2, 0.25) is 0 Å². The van der Waals surface area contributed by atoms with Crippen LogP contribution in [0.1, 0.15) is 32.2 Å². The van der Waals surface area contributed by atoms with Crippen molar-refractivity contribution in [2.24, 2.45) is 0 Å². The van der Waals surface area contributed by atoms with Crippen molar-refractivity contribution in [1.29, 1.82) is 0 Å². The van der Waals surface area contributed by atoms with Crippen LogP contribution in [0.4, 0.5) is 0 Å². The fourth-order valence-electron chi connectivity index (χ4n) is 1.96. The first-order valence-electron chi connectivity index (χ1n) is 6.30. The van der Waals surface area contributed by atoms with Gasteiger partial charge >= 0.3 is 0 Å². The number of pyridine rings is 1. The molecule has 0 bridgehead atoms. The van der Waals surface area contributed by atoms with Gasteiger partial charge in [-0.2, -0.15) is 0 Å². The van der Waals surface area contributed by atoms with E-state index in [-0.39, 0.29) is 0 Å². The normalized spacial score (nSPS) is 11.9. The van der Waals surface area contributed by atoms with Crippen LogP contribution in [0.5, 0.6) is 5.75 Å². The third-order valence-corrected chi connectivity index (χ3v) is 2.66. The van der Waals surface area contributed by atoms with Crippen molar-refractivity contribution in [1.82, 2.24) is 9.88 Å². The molecule has 1 rings (SSSR count). The zero-order valence-electron chi connectivity index (χ0n) is 12.0. The van der Waals surface area contributed by atoms with Gasteiger partial charge in [0.25, 0.3) is 0 Å². The minimum Gasteiger partial charge on any atom is -0.497 e. The number of methoxy groups -OCH3 is 1. The lowest BCUT2D eigenvalue weighted by atomic mass is 10.1. The van der Waals surface area contributed by atoms with Gasteiger partial charge in [0.15, 0.2) is 0 Å². The van der Waals surface area contributed by atoms with Gasteiger partial charge in [-0.05, 0) is 27.3 Å². The van der Waals surface area contributed by atoms with Gasteiger partial charge in [-0.3, -0.25) is 9.88 Å². The monoisotopic (exact) mass is 252 g/mol. The highest BCUT2D eigenvalue weighted by atomic mass is 16.5. The Morgan fingerprint density at radius 3 is 2.56 bits per heavy atom. The Morgan fingerprint density at radius 2 is 2.06 bits per heavy atom. The minimum atomic E-state index is -0.691. The molecule has 0 aliphatic carbocycles. The summed E-state index contributed by atoms with van der Waals surface area (Å²) in [5, 5.41) is 9.87. The second kappa shape index (κ2) is 6.16. The molecular formula is C14H24N2O2. The van der Waals surface area contributed by atoms with Crippen LogP contribution < -0.4 is 4.74 Å². The average molecular weight is 252 g/mol. The van der Waals surface area contributed by atoms with Crippen LogP contribution in [0.25, 0.3) is 0 Å². The molecule has 0 aliphatic rings. The van der Waals surface area contributed by atoms with Crippen LogP contribution in [0.15, 0.2) is 12.1 Å². The SMILES string of the molecule is CCN(Cc1cc(OC)cc(C)n1)CC(C)(C)O. The van der Waals surface area contributed by atoms with E-state index in [1.165, 1.54) is 0 Å². The Balaban J connectivity index is 2.78. The molecule has 0 unspecified atom stereocenters. The van der Waals surface area contributed by atoms with Gasteiger partial charge in [-0.15, -0.1) is 0 Å². The number of ether oxygens (including phenoxy) is 1. The summed E-state index contributed by atoms with van der Waals surface area (Å²) in [5.74, 6) is 0.830. The largest absolute Gasteiger partial charge is 0.497 e. The summed E-state index contributed by atoms with van der Waals surface area (Å²) in [6, 6.07) is 3.86. The average Bonchev–Trinajstić information content (AvgIpc) is 2.25. The Morgan fingerprint density at radius 1 is 1.39 bits per heavy atom. The number of rotatable bonds is 6. The van der Waals surface area contributed by atoms with Crippen molar-refractivity contribution in [3.63, 3.8) is 0 Å². The van der Waals surface area contributed by atoms with E-state index >= 15 is 0 Å². The van der Waals surface area contributed by atoms with E-state index in [0.29, 0.717) is 6.54 Å². The molecule has 1 aromatic rings. The van der Waals surface area contributed by atoms with Crippen molar-refractivity contribution >= 4 is 0 Å². The quantitative estimate of drug-likeness (QED) is 0.841. The molecule has 1 heterocycles. The summed E-state index contributed by atoms with van der Waals surface area (Å²) in [5.41, 5.74) is 1.23. The first kappa shape index (κ1) is 14.9. The maximum Gasteiger partial charge on any atom is 0.122 e. The Bertz CT molecular complexity index is 386. The third kappa shape index (κ3) is 5.02. The summed E-state index contributed by atoms with van der Waals surface area (Å²) >= 11 is 0. The first-order valence-corrected chi connectivity index (χ1v) is 6.30. The topological polar surface area (TPSA) is 45.6 Å². The molecular weight excluding hydrogens is 228 g/mol. The molecule has 0 spiro atoms. The molecule has 102 valence electrons. The number of aromatic nitrogens is 1. The second-order valence-electron chi connectivity index (χ2n) is 5.26. The van der Waals surface area contributed by atoms with Crippen LogP contribution >= 0.6 is 0 Å². The molecule has 0 fully saturated rings. The van der Waals surface area contributed by atoms with E-state index in [1.54, 1.807) is 7.11 Å². The Hall–Kier alpha value is -1.13. The van der Waals surface area contributed by atoms with Gasteiger partial charge in [0.1, 0.15) is 5.75 Å². The number of hydrogen-bond acceptors (Lipinski definition) is 4. The zero-order valence-corrected chi connectivity index (χ0v) is 12.0. The maximum atomic E-state index is 9.87. The lowest BCUT2D eigenvalue weighted by Crippen LogP contribution is -2.38. The number of likely N-dealkylation sites (N-methyl/N-ethyl adjacent to an activating group) is 1. The maximum absolute atomic E-state index is 9.87. The highest BCUT2D eigenvalue weighted by molar-refractivity contribution is 5.26. The zero-order chi connectivity index (χ0) is 13.8. The predicted molar refractivity (Wildman–Crippen MR) is 72.8 cm³/mol. The number of nitrogens with zero attached hydrogens (tertiary/aromatic N) is 2. The predicted octanol–water partition coefficient (Wildman–Crippen LogP) is 1.99. The summed E-state index contributed by atoms with van der Waals surface area (Å²) in [6.07, 6.45) is 0. The molecule has 0 radical (unpaired) electrons. The van der Waals surface area contributed by atoms with Crippen molar-refractivity contribution in [3.05, 3.63) is 23.5 Å². The van der Waals surface area contributed by atoms with Gasteiger partial charge in [-0.25, -0.2) is 0 Å². The number of aliphatic hydroxyl groups is 1. The van der Waals surface area contributed by atoms with Crippen molar-refractivity contribution in [2.75, 3.05) is 20.2 Å². The van der Waals surface area contributed by atoms with Gasteiger partial charge in [0.05, 0.1) is 18.4 Å². The van der Waals surface area contributed by atoms with Gasteiger partial charge in [-0.1, -0.05) is 6.92 Å². The Labute approximate surface area is 110 Å². The third-order valence-electron chi connectivity index (χ3n) is 2.66. The summed E-state index contributed by atoms with van der Waals surface area (Å²) in [4.78, 5) is 6.66. The molecule has 1 N–H and O–H groups in total. The fourth-order valence-corrected chi connectivity index (χ4v) is 1.96. The van der Waals surface area contributed by atoms with Crippen molar-refractivity contribution in [2.45, 2.75) is 39.8 Å². The van der Waals surface area contributed by atoms with Crippen LogP contribution in [-0.4, -0.2) is 40.8 Å². The molecule has 1 aromatic heterocycles. The molecule has 0 saturated heterocycles. The highest BCUT2D eigenvalue weighted by Crippen LogP contribution is 2.15. The molecule has 0 atom stereocenters. The molecule has 0 saturated carbocycles. The lowest BCUT2D eigenvalue weighted by Gasteiger charge is -2.27. The summed E-state index contributed by atoms with van der Waals surface area (Å²) in [6.45, 7) is 9.90. The van der Waals surface area contributed by atoms with E-state index < -0.39 is 5.60 Å². The van der Waals surface area contributed by atoms with E-state index in [9.17, 15) is 5.11 Å². The minimum absolute atomic E-state index is 0.626. The summed E-state index contributed by atoms with van der Waals surface area (Å²) < 4.78 is 5.24. The van der Waals surface area contributed by atoms with Crippen molar-refractivity contribution < 1.29 is 9.84 Å². The van der Waals surface area contributed by atoms with Gasteiger partial charge in [0.2, 0.25) is 0 Å². The fraction of sp³-hybridized carbons (Fsp3) is 0.643. The molecule has 4 nitrogen and oxygen atoms in total. The van der Waals surface area contributed by atoms with E-state index in [2.05, 4.69) is 16.8 Å². The molecule has 0 amide bonds. The van der Waals surface area contributed by atoms with E-state index in [0.717, 1.165) is 30.2 Å². The smallest absolute Gasteiger partial charge is 0.122 e. The second-order valence-corrected chi connectivity index (χ2v) is 5.26. The van der Waals surface area contributed by atoms with Crippen molar-refractivity contribution in [3.8, 4) is 5.75 Å². The molecule has 18 heavy (non-hydrogen) atoms. The first-order chi connectivity index (χ1) is 8.34. The number of aryl methyl sites for hydroxylation is 1. The molecule has 0 aliphatic heterocycles. The van der Waals surface area contributed by atoms with Gasteiger partial charge in [0, 0.05) is 30.9 Å². The molecule has 0 aromatic carbocycles. The Kier molecular flexibility index (Phi) is 5.11. The van der Waals surface area contributed by atoms with Crippen LogP contribution in [0, 0.1) is 6.92 Å². The standard InChI is InChI=1S/C14H24N2O2/c1-6-16(10-14(3,4)17)9-12-8-13(18-5)7-11(2)15-12/h7-8,17H,6,9-10H2,1-5H3. The highest BCUT2D eigenvalue weighted by Gasteiger charge is 2.17.